The summed E-state index contributed by atoms with van der Waals surface area (Å²) in [6, 6.07) is 14.4. The lowest BCUT2D eigenvalue weighted by Gasteiger charge is -2.32. The molecule has 1 aliphatic rings. The third-order valence-corrected chi connectivity index (χ3v) is 5.89. The van der Waals surface area contributed by atoms with Crippen LogP contribution in [0.5, 0.6) is 5.75 Å². The van der Waals surface area contributed by atoms with Gasteiger partial charge in [-0.2, -0.15) is 0 Å². The highest BCUT2D eigenvalue weighted by molar-refractivity contribution is 5.94. The Hall–Kier alpha value is -3.61. The normalized spacial score (nSPS) is 17.2. The average molecular weight is 435 g/mol. The molecule has 0 saturated carbocycles. The van der Waals surface area contributed by atoms with E-state index in [1.165, 1.54) is 6.07 Å². The molecule has 1 aliphatic heterocycles. The summed E-state index contributed by atoms with van der Waals surface area (Å²) in [5.74, 6) is -1.29. The number of carbonyl (C=O) groups excluding carboxylic acids is 1. The van der Waals surface area contributed by atoms with Gasteiger partial charge in [-0.25, -0.2) is 4.79 Å². The Balaban J connectivity index is 1.58. The molecule has 2 heterocycles. The van der Waals surface area contributed by atoms with Gasteiger partial charge in [-0.1, -0.05) is 24.3 Å². The van der Waals surface area contributed by atoms with Crippen LogP contribution >= 0.6 is 0 Å². The summed E-state index contributed by atoms with van der Waals surface area (Å²) >= 11 is 0. The first-order valence-electron chi connectivity index (χ1n) is 10.7. The van der Waals surface area contributed by atoms with Gasteiger partial charge in [-0.15, -0.1) is 0 Å². The second kappa shape index (κ2) is 8.86. The zero-order valence-electron chi connectivity index (χ0n) is 18.0. The molecular weight excluding hydrogens is 410 g/mol. The SMILES string of the molecule is Cc1ccccc1-c1cc(=O)oc2cc(O[C@H](C)C(=O)N3CCC[C@H](C(=O)O)C3)ccc12. The Kier molecular flexibility index (Phi) is 5.99. The smallest absolute Gasteiger partial charge is 0.336 e. The lowest BCUT2D eigenvalue weighted by Crippen LogP contribution is -2.47. The maximum atomic E-state index is 12.8. The number of aliphatic carboxylic acids is 1. The summed E-state index contributed by atoms with van der Waals surface area (Å²) in [5.41, 5.74) is 2.67. The molecule has 0 spiro atoms. The van der Waals surface area contributed by atoms with E-state index >= 15 is 0 Å². The van der Waals surface area contributed by atoms with E-state index in [4.69, 9.17) is 9.15 Å². The van der Waals surface area contributed by atoms with Crippen LogP contribution in [0.3, 0.4) is 0 Å². The molecule has 0 aliphatic carbocycles. The molecule has 0 bridgehead atoms. The lowest BCUT2D eigenvalue weighted by molar-refractivity contribution is -0.147. The fourth-order valence-electron chi connectivity index (χ4n) is 4.20. The van der Waals surface area contributed by atoms with E-state index < -0.39 is 23.6 Å². The first-order chi connectivity index (χ1) is 15.3. The van der Waals surface area contributed by atoms with Crippen molar-refractivity contribution in [2.75, 3.05) is 13.1 Å². The number of carboxylic acids is 1. The molecule has 4 rings (SSSR count). The minimum atomic E-state index is -0.884. The van der Waals surface area contributed by atoms with E-state index in [1.54, 1.807) is 24.0 Å². The molecular formula is C25H25NO6. The molecule has 1 aromatic heterocycles. The molecule has 1 amide bonds. The molecule has 1 N–H and O–H groups in total. The third-order valence-electron chi connectivity index (χ3n) is 5.89. The van der Waals surface area contributed by atoms with Crippen molar-refractivity contribution in [3.8, 4) is 16.9 Å². The van der Waals surface area contributed by atoms with E-state index in [9.17, 15) is 19.5 Å². The van der Waals surface area contributed by atoms with E-state index in [-0.39, 0.29) is 12.5 Å². The number of likely N-dealkylation sites (tertiary alicyclic amines) is 1. The molecule has 166 valence electrons. The van der Waals surface area contributed by atoms with Gasteiger partial charge in [0, 0.05) is 36.2 Å². The van der Waals surface area contributed by atoms with Crippen molar-refractivity contribution >= 4 is 22.8 Å². The quantitative estimate of drug-likeness (QED) is 0.612. The van der Waals surface area contributed by atoms with Crippen molar-refractivity contribution in [2.45, 2.75) is 32.8 Å². The number of carbonyl (C=O) groups is 2. The second-order valence-electron chi connectivity index (χ2n) is 8.17. The highest BCUT2D eigenvalue weighted by Crippen LogP contribution is 2.31. The largest absolute Gasteiger partial charge is 0.481 e. The predicted molar refractivity (Wildman–Crippen MR) is 120 cm³/mol. The summed E-state index contributed by atoms with van der Waals surface area (Å²) < 4.78 is 11.2. The lowest BCUT2D eigenvalue weighted by atomic mass is 9.98. The van der Waals surface area contributed by atoms with Gasteiger partial charge >= 0.3 is 11.6 Å². The van der Waals surface area contributed by atoms with E-state index in [0.717, 1.165) is 22.1 Å². The van der Waals surface area contributed by atoms with Gasteiger partial charge < -0.3 is 19.2 Å². The maximum absolute atomic E-state index is 12.8. The summed E-state index contributed by atoms with van der Waals surface area (Å²) in [6.07, 6.45) is 0.422. The molecule has 3 aromatic rings. The van der Waals surface area contributed by atoms with Crippen LogP contribution in [-0.2, 0) is 9.59 Å². The Bertz CT molecular complexity index is 1230. The van der Waals surface area contributed by atoms with E-state index in [1.807, 2.05) is 37.3 Å². The average Bonchev–Trinajstić information content (AvgIpc) is 2.78. The first kappa shape index (κ1) is 21.6. The minimum absolute atomic E-state index is 0.189. The Morgan fingerprint density at radius 3 is 2.69 bits per heavy atom. The molecule has 7 heteroatoms. The summed E-state index contributed by atoms with van der Waals surface area (Å²) in [5, 5.41) is 10.0. The van der Waals surface area contributed by atoms with Crippen LogP contribution in [-0.4, -0.2) is 41.1 Å². The molecule has 0 unspecified atom stereocenters. The van der Waals surface area contributed by atoms with Crippen molar-refractivity contribution in [3.05, 3.63) is 64.5 Å². The minimum Gasteiger partial charge on any atom is -0.481 e. The van der Waals surface area contributed by atoms with Gasteiger partial charge in [-0.3, -0.25) is 9.59 Å². The van der Waals surface area contributed by atoms with Crippen LogP contribution in [0.4, 0.5) is 0 Å². The number of ether oxygens (including phenoxy) is 1. The summed E-state index contributed by atoms with van der Waals surface area (Å²) in [7, 11) is 0. The van der Waals surface area contributed by atoms with Crippen LogP contribution in [0.15, 0.2) is 57.7 Å². The Morgan fingerprint density at radius 1 is 1.16 bits per heavy atom. The zero-order chi connectivity index (χ0) is 22.8. The number of amides is 1. The summed E-state index contributed by atoms with van der Waals surface area (Å²) in [6.45, 7) is 4.32. The topological polar surface area (TPSA) is 97.0 Å². The van der Waals surface area contributed by atoms with Gasteiger partial charge in [0.25, 0.3) is 5.91 Å². The molecule has 7 nitrogen and oxygen atoms in total. The highest BCUT2D eigenvalue weighted by Gasteiger charge is 2.31. The predicted octanol–water partition coefficient (Wildman–Crippen LogP) is 3.86. The fraction of sp³-hybridized carbons (Fsp3) is 0.320. The van der Waals surface area contributed by atoms with Gasteiger partial charge in [-0.05, 0) is 49.9 Å². The highest BCUT2D eigenvalue weighted by atomic mass is 16.5. The molecule has 32 heavy (non-hydrogen) atoms. The van der Waals surface area contributed by atoms with Crippen LogP contribution in [0.2, 0.25) is 0 Å². The zero-order valence-corrected chi connectivity index (χ0v) is 18.0. The Labute approximate surface area is 185 Å². The van der Waals surface area contributed by atoms with Crippen LogP contribution in [0.1, 0.15) is 25.3 Å². The second-order valence-corrected chi connectivity index (χ2v) is 8.17. The van der Waals surface area contributed by atoms with Crippen molar-refractivity contribution < 1.29 is 23.8 Å². The van der Waals surface area contributed by atoms with E-state index in [0.29, 0.717) is 30.7 Å². The fourth-order valence-corrected chi connectivity index (χ4v) is 4.20. The monoisotopic (exact) mass is 435 g/mol. The summed E-state index contributed by atoms with van der Waals surface area (Å²) in [4.78, 5) is 37.8. The number of hydrogen-bond donors (Lipinski definition) is 1. The van der Waals surface area contributed by atoms with Crippen molar-refractivity contribution in [2.24, 2.45) is 5.92 Å². The Morgan fingerprint density at radius 2 is 1.94 bits per heavy atom. The van der Waals surface area contributed by atoms with Crippen molar-refractivity contribution in [1.82, 2.24) is 4.90 Å². The van der Waals surface area contributed by atoms with Crippen LogP contribution in [0, 0.1) is 12.8 Å². The molecule has 2 aromatic carbocycles. The molecule has 1 fully saturated rings. The van der Waals surface area contributed by atoms with Gasteiger partial charge in [0.1, 0.15) is 11.3 Å². The number of piperidine rings is 1. The number of aryl methyl sites for hydroxylation is 1. The number of hydrogen-bond acceptors (Lipinski definition) is 5. The van der Waals surface area contributed by atoms with Crippen molar-refractivity contribution in [3.63, 3.8) is 0 Å². The van der Waals surface area contributed by atoms with Crippen LogP contribution in [0.25, 0.3) is 22.1 Å². The maximum Gasteiger partial charge on any atom is 0.336 e. The standard InChI is InChI=1S/C25H25NO6/c1-15-6-3-4-8-19(15)21-13-23(27)32-22-12-18(9-10-20(21)22)31-16(2)24(28)26-11-5-7-17(14-26)25(29)30/h3-4,6,8-10,12-13,16-17H,5,7,11,14H2,1-2H3,(H,29,30)/t16-,17+/m1/s1. The van der Waals surface area contributed by atoms with Crippen LogP contribution < -0.4 is 10.4 Å². The third kappa shape index (κ3) is 4.37. The van der Waals surface area contributed by atoms with Gasteiger partial charge in [0.15, 0.2) is 6.10 Å². The number of nitrogens with zero attached hydrogens (tertiary/aromatic N) is 1. The number of rotatable bonds is 5. The van der Waals surface area contributed by atoms with Crippen molar-refractivity contribution in [1.29, 1.82) is 0 Å². The molecule has 0 radical (unpaired) electrons. The van der Waals surface area contributed by atoms with Gasteiger partial charge in [0.2, 0.25) is 0 Å². The molecule has 1 saturated heterocycles. The number of benzene rings is 2. The number of carboxylic acid groups (broad SMARTS) is 1. The number of fused-ring (bicyclic) bond motifs is 1. The molecule has 2 atom stereocenters. The first-order valence-corrected chi connectivity index (χ1v) is 10.7. The van der Waals surface area contributed by atoms with Gasteiger partial charge in [0.05, 0.1) is 5.92 Å². The van der Waals surface area contributed by atoms with E-state index in [2.05, 4.69) is 0 Å².